The molecule has 5 rings (SSSR count). The predicted molar refractivity (Wildman–Crippen MR) is 165 cm³/mol. The standard InChI is InChI=1S/C35H34F3N3O3/c1-40(29-20-22-41(23-21-29)32(34(43)44-2)25-8-4-3-5-9-25)28-18-16-27(17-19-28)39-33(42)31-11-7-6-10-30(31)24-12-14-26(15-13-24)35(36,37)38/h3-19,29,32H,20-23H2,1-2H3,(H,39,42). The van der Waals surface area contributed by atoms with E-state index in [9.17, 15) is 22.8 Å². The van der Waals surface area contributed by atoms with Gasteiger partial charge in [-0.3, -0.25) is 9.69 Å². The summed E-state index contributed by atoms with van der Waals surface area (Å²) in [5.41, 5.74) is 3.21. The molecule has 0 bridgehead atoms. The first-order valence-corrected chi connectivity index (χ1v) is 14.4. The molecule has 44 heavy (non-hydrogen) atoms. The minimum absolute atomic E-state index is 0.261. The van der Waals surface area contributed by atoms with Crippen LogP contribution in [0.2, 0.25) is 0 Å². The number of esters is 1. The molecule has 0 spiro atoms. The molecular formula is C35H34F3N3O3. The quantitative estimate of drug-likeness (QED) is 0.213. The van der Waals surface area contributed by atoms with E-state index in [1.54, 1.807) is 24.3 Å². The number of hydrogen-bond acceptors (Lipinski definition) is 5. The third-order valence-electron chi connectivity index (χ3n) is 8.18. The van der Waals surface area contributed by atoms with E-state index < -0.39 is 17.8 Å². The molecule has 228 valence electrons. The Morgan fingerprint density at radius 2 is 1.48 bits per heavy atom. The number of carbonyl (C=O) groups is 2. The second kappa shape index (κ2) is 13.3. The number of benzene rings is 4. The van der Waals surface area contributed by atoms with Gasteiger partial charge < -0.3 is 15.0 Å². The average molecular weight is 602 g/mol. The van der Waals surface area contributed by atoms with Crippen molar-refractivity contribution in [1.29, 1.82) is 0 Å². The summed E-state index contributed by atoms with van der Waals surface area (Å²) in [5.74, 6) is -0.616. The highest BCUT2D eigenvalue weighted by atomic mass is 19.4. The van der Waals surface area contributed by atoms with Crippen LogP contribution in [0.1, 0.15) is 40.4 Å². The minimum atomic E-state index is -4.43. The Balaban J connectivity index is 1.22. The Hall–Kier alpha value is -4.63. The van der Waals surface area contributed by atoms with Crippen LogP contribution in [-0.4, -0.2) is 50.1 Å². The number of likely N-dealkylation sites (tertiary alicyclic amines) is 1. The Labute approximate surface area is 255 Å². The van der Waals surface area contributed by atoms with Gasteiger partial charge in [0.2, 0.25) is 0 Å². The molecule has 0 aromatic heterocycles. The normalized spacial score (nSPS) is 14.9. The molecule has 1 N–H and O–H groups in total. The summed E-state index contributed by atoms with van der Waals surface area (Å²) in [5, 5.41) is 2.91. The maximum absolute atomic E-state index is 13.2. The van der Waals surface area contributed by atoms with Crippen LogP contribution in [0.4, 0.5) is 24.5 Å². The molecule has 1 heterocycles. The second-order valence-electron chi connectivity index (χ2n) is 10.8. The number of nitrogens with one attached hydrogen (secondary N) is 1. The van der Waals surface area contributed by atoms with Gasteiger partial charge in [0.1, 0.15) is 6.04 Å². The van der Waals surface area contributed by atoms with Gasteiger partial charge in [0, 0.05) is 43.1 Å². The van der Waals surface area contributed by atoms with E-state index in [4.69, 9.17) is 4.74 Å². The second-order valence-corrected chi connectivity index (χ2v) is 10.8. The molecule has 6 nitrogen and oxygen atoms in total. The van der Waals surface area contributed by atoms with Gasteiger partial charge in [-0.25, -0.2) is 4.79 Å². The van der Waals surface area contributed by atoms with E-state index in [1.165, 1.54) is 19.2 Å². The van der Waals surface area contributed by atoms with Crippen molar-refractivity contribution < 1.29 is 27.5 Å². The number of nitrogens with zero attached hydrogens (tertiary/aromatic N) is 2. The summed E-state index contributed by atoms with van der Waals surface area (Å²) in [6.45, 7) is 1.49. The van der Waals surface area contributed by atoms with E-state index in [1.807, 2.05) is 61.6 Å². The Morgan fingerprint density at radius 1 is 0.864 bits per heavy atom. The van der Waals surface area contributed by atoms with Gasteiger partial charge in [-0.15, -0.1) is 0 Å². The Bertz CT molecular complexity index is 1570. The van der Waals surface area contributed by atoms with E-state index >= 15 is 0 Å². The molecule has 1 aliphatic rings. The van der Waals surface area contributed by atoms with Crippen LogP contribution in [-0.2, 0) is 15.7 Å². The van der Waals surface area contributed by atoms with Crippen molar-refractivity contribution in [3.8, 4) is 11.1 Å². The van der Waals surface area contributed by atoms with E-state index in [2.05, 4.69) is 15.1 Å². The maximum atomic E-state index is 13.2. The lowest BCUT2D eigenvalue weighted by Crippen LogP contribution is -2.46. The van der Waals surface area contributed by atoms with Crippen molar-refractivity contribution in [2.24, 2.45) is 0 Å². The molecule has 1 unspecified atom stereocenters. The number of carbonyl (C=O) groups excluding carboxylic acids is 2. The van der Waals surface area contributed by atoms with Gasteiger partial charge in [0.05, 0.1) is 12.7 Å². The van der Waals surface area contributed by atoms with Crippen LogP contribution in [0.3, 0.4) is 0 Å². The summed E-state index contributed by atoms with van der Waals surface area (Å²) < 4.78 is 44.2. The summed E-state index contributed by atoms with van der Waals surface area (Å²) in [6, 6.07) is 28.7. The number of methoxy groups -OCH3 is 1. The SMILES string of the molecule is COC(=O)C(c1ccccc1)N1CCC(N(C)c2ccc(NC(=O)c3ccccc3-c3ccc(C(F)(F)F)cc3)cc2)CC1. The Morgan fingerprint density at radius 3 is 2.09 bits per heavy atom. The summed E-state index contributed by atoms with van der Waals surface area (Å²) in [6.07, 6.45) is -2.69. The lowest BCUT2D eigenvalue weighted by Gasteiger charge is -2.40. The first-order chi connectivity index (χ1) is 21.2. The molecule has 1 aliphatic heterocycles. The van der Waals surface area contributed by atoms with Crippen LogP contribution < -0.4 is 10.2 Å². The monoisotopic (exact) mass is 601 g/mol. The molecule has 1 amide bonds. The molecule has 1 fully saturated rings. The van der Waals surface area contributed by atoms with E-state index in [0.717, 1.165) is 49.3 Å². The molecule has 1 saturated heterocycles. The highest BCUT2D eigenvalue weighted by Crippen LogP contribution is 2.33. The average Bonchev–Trinajstić information content (AvgIpc) is 3.05. The lowest BCUT2D eigenvalue weighted by molar-refractivity contribution is -0.147. The van der Waals surface area contributed by atoms with Crippen LogP contribution in [0.15, 0.2) is 103 Å². The van der Waals surface area contributed by atoms with Gasteiger partial charge in [0.25, 0.3) is 5.91 Å². The zero-order valence-corrected chi connectivity index (χ0v) is 24.6. The smallest absolute Gasteiger partial charge is 0.416 e. The highest BCUT2D eigenvalue weighted by Gasteiger charge is 2.33. The van der Waals surface area contributed by atoms with E-state index in [0.29, 0.717) is 22.4 Å². The number of rotatable bonds is 8. The number of halogens is 3. The number of piperidine rings is 1. The van der Waals surface area contributed by atoms with E-state index in [-0.39, 0.29) is 17.9 Å². The Kier molecular flexibility index (Phi) is 9.35. The highest BCUT2D eigenvalue weighted by molar-refractivity contribution is 6.08. The third kappa shape index (κ3) is 6.94. The van der Waals surface area contributed by atoms with Gasteiger partial charge in [-0.2, -0.15) is 13.2 Å². The fraction of sp³-hybridized carbons (Fsp3) is 0.257. The number of amides is 1. The molecule has 0 saturated carbocycles. The zero-order chi connectivity index (χ0) is 31.3. The van der Waals surface area contributed by atoms with Crippen LogP contribution >= 0.6 is 0 Å². The van der Waals surface area contributed by atoms with Gasteiger partial charge >= 0.3 is 12.1 Å². The zero-order valence-electron chi connectivity index (χ0n) is 24.6. The summed E-state index contributed by atoms with van der Waals surface area (Å²) in [4.78, 5) is 30.3. The van der Waals surface area contributed by atoms with Crippen LogP contribution in [0.25, 0.3) is 11.1 Å². The van der Waals surface area contributed by atoms with Gasteiger partial charge in [0.15, 0.2) is 0 Å². The van der Waals surface area contributed by atoms with Crippen molar-refractivity contribution in [2.45, 2.75) is 31.1 Å². The fourth-order valence-electron chi connectivity index (χ4n) is 5.74. The molecular weight excluding hydrogens is 567 g/mol. The number of alkyl halides is 3. The summed E-state index contributed by atoms with van der Waals surface area (Å²) >= 11 is 0. The first kappa shape index (κ1) is 30.8. The van der Waals surface area contributed by atoms with Gasteiger partial charge in [-0.05, 0) is 72.0 Å². The molecule has 0 radical (unpaired) electrons. The topological polar surface area (TPSA) is 61.9 Å². The van der Waals surface area contributed by atoms with Crippen molar-refractivity contribution in [2.75, 3.05) is 37.5 Å². The van der Waals surface area contributed by atoms with Crippen LogP contribution in [0.5, 0.6) is 0 Å². The molecule has 4 aromatic carbocycles. The first-order valence-electron chi connectivity index (χ1n) is 14.4. The predicted octanol–water partition coefficient (Wildman–Crippen LogP) is 7.44. The van der Waals surface area contributed by atoms with Crippen molar-refractivity contribution >= 4 is 23.3 Å². The van der Waals surface area contributed by atoms with Crippen molar-refractivity contribution in [3.05, 3.63) is 120 Å². The minimum Gasteiger partial charge on any atom is -0.468 e. The lowest BCUT2D eigenvalue weighted by atomic mass is 9.98. The fourth-order valence-corrected chi connectivity index (χ4v) is 5.74. The molecule has 1 atom stereocenters. The maximum Gasteiger partial charge on any atom is 0.416 e. The van der Waals surface area contributed by atoms with Crippen molar-refractivity contribution in [1.82, 2.24) is 4.90 Å². The van der Waals surface area contributed by atoms with Crippen LogP contribution in [0, 0.1) is 0 Å². The summed E-state index contributed by atoms with van der Waals surface area (Å²) in [7, 11) is 3.46. The molecule has 9 heteroatoms. The number of hydrogen-bond donors (Lipinski definition) is 1. The van der Waals surface area contributed by atoms with Crippen molar-refractivity contribution in [3.63, 3.8) is 0 Å². The molecule has 0 aliphatic carbocycles. The van der Waals surface area contributed by atoms with Gasteiger partial charge in [-0.1, -0.05) is 60.7 Å². The third-order valence-corrected chi connectivity index (χ3v) is 8.18. The molecule has 4 aromatic rings. The largest absolute Gasteiger partial charge is 0.468 e. The number of ether oxygens (including phenoxy) is 1. The number of anilines is 2.